The van der Waals surface area contributed by atoms with Gasteiger partial charge in [0.1, 0.15) is 30.8 Å². The van der Waals surface area contributed by atoms with Crippen LogP contribution in [0.5, 0.6) is 11.5 Å². The molecular formula is C23H30O6. The van der Waals surface area contributed by atoms with Crippen molar-refractivity contribution in [1.82, 2.24) is 0 Å². The summed E-state index contributed by atoms with van der Waals surface area (Å²) in [5.41, 5.74) is 2.02. The summed E-state index contributed by atoms with van der Waals surface area (Å²) in [6.45, 7) is 5.88. The molecule has 2 aromatic rings. The zero-order valence-electron chi connectivity index (χ0n) is 17.2. The number of aliphatic hydroxyl groups is 1. The van der Waals surface area contributed by atoms with E-state index in [9.17, 15) is 15.0 Å². The lowest BCUT2D eigenvalue weighted by Gasteiger charge is -2.17. The van der Waals surface area contributed by atoms with Crippen molar-refractivity contribution in [2.24, 2.45) is 0 Å². The molecule has 2 N–H and O–H groups in total. The second kappa shape index (κ2) is 11.4. The quantitative estimate of drug-likeness (QED) is 0.565. The zero-order chi connectivity index (χ0) is 21.2. The minimum atomic E-state index is -0.996. The first-order chi connectivity index (χ1) is 13.9. The lowest BCUT2D eigenvalue weighted by Crippen LogP contribution is -2.29. The monoisotopic (exact) mass is 402 g/mol. The molecule has 0 spiro atoms. The number of rotatable bonds is 12. The maximum Gasteiger partial charge on any atom is 0.333 e. The van der Waals surface area contributed by atoms with Crippen LogP contribution >= 0.6 is 0 Å². The van der Waals surface area contributed by atoms with Crippen LogP contribution in [0.2, 0.25) is 0 Å². The van der Waals surface area contributed by atoms with Crippen LogP contribution in [0.25, 0.3) is 0 Å². The van der Waals surface area contributed by atoms with Gasteiger partial charge in [0.15, 0.2) is 6.10 Å². The van der Waals surface area contributed by atoms with Crippen molar-refractivity contribution >= 4 is 5.97 Å². The maximum absolute atomic E-state index is 11.4. The van der Waals surface area contributed by atoms with Crippen molar-refractivity contribution in [2.75, 3.05) is 13.2 Å². The smallest absolute Gasteiger partial charge is 0.333 e. The van der Waals surface area contributed by atoms with Gasteiger partial charge in [0.25, 0.3) is 0 Å². The zero-order valence-corrected chi connectivity index (χ0v) is 17.2. The fourth-order valence-corrected chi connectivity index (χ4v) is 2.75. The number of hydrogen-bond acceptors (Lipinski definition) is 5. The minimum Gasteiger partial charge on any atom is -0.491 e. The predicted octanol–water partition coefficient (Wildman–Crippen LogP) is 3.49. The third-order valence-electron chi connectivity index (χ3n) is 4.25. The van der Waals surface area contributed by atoms with Gasteiger partial charge < -0.3 is 24.4 Å². The number of carbonyl (C=O) groups is 1. The molecule has 158 valence electrons. The summed E-state index contributed by atoms with van der Waals surface area (Å²) < 4.78 is 16.7. The van der Waals surface area contributed by atoms with E-state index in [0.29, 0.717) is 11.5 Å². The van der Waals surface area contributed by atoms with E-state index in [0.717, 1.165) is 12.0 Å². The number of benzene rings is 2. The Kier molecular flexibility index (Phi) is 8.96. The molecule has 2 aromatic carbocycles. The molecule has 0 heterocycles. The van der Waals surface area contributed by atoms with Crippen molar-refractivity contribution in [3.63, 3.8) is 0 Å². The third-order valence-corrected chi connectivity index (χ3v) is 4.25. The first-order valence-corrected chi connectivity index (χ1v) is 9.87. The highest BCUT2D eigenvalue weighted by atomic mass is 16.5. The normalized spacial score (nSPS) is 13.1. The Morgan fingerprint density at radius 1 is 0.966 bits per heavy atom. The highest BCUT2D eigenvalue weighted by Gasteiger charge is 2.20. The topological polar surface area (TPSA) is 85.2 Å². The first kappa shape index (κ1) is 22.7. The highest BCUT2D eigenvalue weighted by molar-refractivity contribution is 5.72. The Morgan fingerprint density at radius 2 is 1.62 bits per heavy atom. The fourth-order valence-electron chi connectivity index (χ4n) is 2.75. The molecule has 0 saturated heterocycles. The molecule has 6 nitrogen and oxygen atoms in total. The van der Waals surface area contributed by atoms with Crippen LogP contribution in [0.4, 0.5) is 0 Å². The largest absolute Gasteiger partial charge is 0.491 e. The van der Waals surface area contributed by atoms with Crippen LogP contribution in [0.15, 0.2) is 48.5 Å². The van der Waals surface area contributed by atoms with Gasteiger partial charge in [-0.2, -0.15) is 0 Å². The second-order valence-corrected chi connectivity index (χ2v) is 7.14. The summed E-state index contributed by atoms with van der Waals surface area (Å²) in [6.07, 6.45) is -0.677. The number of carboxylic acid groups (broad SMARTS) is 1. The SMILES string of the molecule is CCc1ccc(OC[C@@H](O)COc2cccc(C[C@H](OC(C)C)C(=O)O)c2)cc1. The van der Waals surface area contributed by atoms with Gasteiger partial charge in [-0.25, -0.2) is 4.79 Å². The van der Waals surface area contributed by atoms with Gasteiger partial charge in [-0.15, -0.1) is 0 Å². The van der Waals surface area contributed by atoms with Gasteiger partial charge in [-0.3, -0.25) is 0 Å². The number of ether oxygens (including phenoxy) is 3. The first-order valence-electron chi connectivity index (χ1n) is 9.87. The van der Waals surface area contributed by atoms with Crippen LogP contribution in [-0.4, -0.2) is 47.7 Å². The molecular weight excluding hydrogens is 372 g/mol. The van der Waals surface area contributed by atoms with Crippen molar-refractivity contribution in [3.05, 3.63) is 59.7 Å². The van der Waals surface area contributed by atoms with E-state index in [4.69, 9.17) is 14.2 Å². The van der Waals surface area contributed by atoms with E-state index in [1.165, 1.54) is 5.56 Å². The molecule has 0 aliphatic carbocycles. The average Bonchev–Trinajstić information content (AvgIpc) is 2.70. The van der Waals surface area contributed by atoms with Gasteiger partial charge >= 0.3 is 5.97 Å². The molecule has 0 unspecified atom stereocenters. The van der Waals surface area contributed by atoms with Crippen molar-refractivity contribution in [3.8, 4) is 11.5 Å². The molecule has 0 aliphatic heterocycles. The molecule has 0 aliphatic rings. The molecule has 2 atom stereocenters. The van der Waals surface area contributed by atoms with Gasteiger partial charge in [-0.1, -0.05) is 31.2 Å². The van der Waals surface area contributed by atoms with Gasteiger partial charge in [-0.05, 0) is 55.7 Å². The second-order valence-electron chi connectivity index (χ2n) is 7.14. The Bertz CT molecular complexity index is 756. The lowest BCUT2D eigenvalue weighted by molar-refractivity contribution is -0.153. The summed E-state index contributed by atoms with van der Waals surface area (Å²) in [5, 5.41) is 19.4. The van der Waals surface area contributed by atoms with Crippen molar-refractivity contribution in [2.45, 2.75) is 51.9 Å². The van der Waals surface area contributed by atoms with E-state index in [1.807, 2.05) is 30.3 Å². The Hall–Kier alpha value is -2.57. The molecule has 29 heavy (non-hydrogen) atoms. The molecule has 0 saturated carbocycles. The molecule has 6 heteroatoms. The van der Waals surface area contributed by atoms with Crippen LogP contribution in [0.3, 0.4) is 0 Å². The number of aryl methyl sites for hydroxylation is 1. The summed E-state index contributed by atoms with van der Waals surface area (Å²) >= 11 is 0. The minimum absolute atomic E-state index is 0.0708. The van der Waals surface area contributed by atoms with Crippen LogP contribution < -0.4 is 9.47 Å². The van der Waals surface area contributed by atoms with Gasteiger partial charge in [0.05, 0.1) is 6.10 Å². The van der Waals surface area contributed by atoms with Gasteiger partial charge in [0, 0.05) is 6.42 Å². The Balaban J connectivity index is 1.83. The third kappa shape index (κ3) is 8.13. The maximum atomic E-state index is 11.4. The summed E-state index contributed by atoms with van der Waals surface area (Å²) in [7, 11) is 0. The Morgan fingerprint density at radius 3 is 2.21 bits per heavy atom. The molecule has 0 fully saturated rings. The Labute approximate surface area is 172 Å². The predicted molar refractivity (Wildman–Crippen MR) is 111 cm³/mol. The molecule has 0 radical (unpaired) electrons. The molecule has 0 aromatic heterocycles. The molecule has 0 bridgehead atoms. The van der Waals surface area contributed by atoms with Gasteiger partial charge in [0.2, 0.25) is 0 Å². The number of aliphatic carboxylic acids is 1. The van der Waals surface area contributed by atoms with Crippen LogP contribution in [-0.2, 0) is 22.4 Å². The summed E-state index contributed by atoms with van der Waals surface area (Å²) in [5.74, 6) is 0.264. The summed E-state index contributed by atoms with van der Waals surface area (Å²) in [6, 6.07) is 14.9. The number of carboxylic acids is 1. The van der Waals surface area contributed by atoms with E-state index < -0.39 is 18.2 Å². The van der Waals surface area contributed by atoms with E-state index in [1.54, 1.807) is 32.0 Å². The van der Waals surface area contributed by atoms with Crippen molar-refractivity contribution in [1.29, 1.82) is 0 Å². The summed E-state index contributed by atoms with van der Waals surface area (Å²) in [4.78, 5) is 11.4. The lowest BCUT2D eigenvalue weighted by atomic mass is 10.1. The number of hydrogen-bond donors (Lipinski definition) is 2. The van der Waals surface area contributed by atoms with E-state index >= 15 is 0 Å². The fraction of sp³-hybridized carbons (Fsp3) is 0.435. The van der Waals surface area contributed by atoms with E-state index in [-0.39, 0.29) is 25.7 Å². The van der Waals surface area contributed by atoms with Crippen molar-refractivity contribution < 1.29 is 29.2 Å². The standard InChI is InChI=1S/C23H30O6/c1-4-17-8-10-20(11-9-17)27-14-19(24)15-28-21-7-5-6-18(12-21)13-22(23(25)26)29-16(2)3/h5-12,16,19,22,24H,4,13-15H2,1-3H3,(H,25,26)/t19-,22+/m1/s1. The van der Waals surface area contributed by atoms with Crippen LogP contribution in [0, 0.1) is 0 Å². The highest BCUT2D eigenvalue weighted by Crippen LogP contribution is 2.17. The molecule has 0 amide bonds. The van der Waals surface area contributed by atoms with Crippen LogP contribution in [0.1, 0.15) is 31.9 Å². The average molecular weight is 402 g/mol. The van der Waals surface area contributed by atoms with E-state index in [2.05, 4.69) is 6.92 Å². The molecule has 2 rings (SSSR count). The number of aliphatic hydroxyl groups excluding tert-OH is 1.